The molecule has 5 rings (SSSR count). The number of methoxy groups -OCH3 is 1. The Bertz CT molecular complexity index is 1110. The van der Waals surface area contributed by atoms with Gasteiger partial charge in [0, 0.05) is 11.5 Å². The first-order valence-electron chi connectivity index (χ1n) is 9.05. The first-order valence-corrected chi connectivity index (χ1v) is 9.05. The molecule has 2 aliphatic heterocycles. The SMILES string of the molecule is COc1cc(C(F)(F)F)cc2c1N=NC13C(C)C1N=C(c1cccc(F)c1C)N23. The van der Waals surface area contributed by atoms with Gasteiger partial charge in [-0.1, -0.05) is 19.1 Å². The van der Waals surface area contributed by atoms with Crippen LogP contribution >= 0.6 is 0 Å². The van der Waals surface area contributed by atoms with Crippen molar-refractivity contribution in [3.8, 4) is 5.75 Å². The first-order chi connectivity index (χ1) is 13.7. The second-order valence-corrected chi connectivity index (χ2v) is 7.46. The lowest BCUT2D eigenvalue weighted by atomic mass is 10.0. The second kappa shape index (κ2) is 5.55. The Hall–Kier alpha value is -2.97. The van der Waals surface area contributed by atoms with Crippen LogP contribution in [0.4, 0.5) is 28.9 Å². The molecular formula is C20H16F4N4O. The van der Waals surface area contributed by atoms with Crippen LogP contribution in [0.25, 0.3) is 0 Å². The summed E-state index contributed by atoms with van der Waals surface area (Å²) < 4.78 is 60.0. The van der Waals surface area contributed by atoms with Gasteiger partial charge in [0.25, 0.3) is 0 Å². The topological polar surface area (TPSA) is 49.6 Å². The molecular weight excluding hydrogens is 388 g/mol. The van der Waals surface area contributed by atoms with Crippen molar-refractivity contribution < 1.29 is 22.3 Å². The van der Waals surface area contributed by atoms with Crippen LogP contribution in [-0.4, -0.2) is 24.7 Å². The largest absolute Gasteiger partial charge is 0.494 e. The van der Waals surface area contributed by atoms with Crippen molar-refractivity contribution in [1.82, 2.24) is 0 Å². The number of fused-ring (bicyclic) bond motifs is 2. The summed E-state index contributed by atoms with van der Waals surface area (Å²) in [6.45, 7) is 3.54. The van der Waals surface area contributed by atoms with E-state index in [-0.39, 0.29) is 29.1 Å². The molecule has 0 radical (unpaired) electrons. The van der Waals surface area contributed by atoms with E-state index in [1.54, 1.807) is 24.0 Å². The smallest absolute Gasteiger partial charge is 0.416 e. The highest BCUT2D eigenvalue weighted by molar-refractivity contribution is 6.16. The highest BCUT2D eigenvalue weighted by atomic mass is 19.4. The fourth-order valence-electron chi connectivity index (χ4n) is 4.26. The van der Waals surface area contributed by atoms with E-state index in [1.807, 2.05) is 6.92 Å². The summed E-state index contributed by atoms with van der Waals surface area (Å²) in [6, 6.07) is 6.29. The summed E-state index contributed by atoms with van der Waals surface area (Å²) in [4.78, 5) is 6.37. The third-order valence-corrected chi connectivity index (χ3v) is 5.96. The van der Waals surface area contributed by atoms with Crippen molar-refractivity contribution in [1.29, 1.82) is 0 Å². The highest BCUT2D eigenvalue weighted by Crippen LogP contribution is 2.63. The van der Waals surface area contributed by atoms with Gasteiger partial charge < -0.3 is 4.74 Å². The molecule has 1 saturated carbocycles. The minimum Gasteiger partial charge on any atom is -0.494 e. The van der Waals surface area contributed by atoms with Gasteiger partial charge in [-0.25, -0.2) is 4.39 Å². The van der Waals surface area contributed by atoms with Crippen LogP contribution in [0.2, 0.25) is 0 Å². The number of ether oxygens (including phenoxy) is 1. The molecule has 3 unspecified atom stereocenters. The van der Waals surface area contributed by atoms with Crippen molar-refractivity contribution in [2.75, 3.05) is 12.0 Å². The number of amidine groups is 1. The van der Waals surface area contributed by atoms with Gasteiger partial charge in [-0.3, -0.25) is 9.89 Å². The van der Waals surface area contributed by atoms with Gasteiger partial charge in [0.05, 0.1) is 18.4 Å². The normalized spacial score (nSPS) is 26.6. The summed E-state index contributed by atoms with van der Waals surface area (Å²) in [5.74, 6) is -0.0715. The molecule has 1 spiro atoms. The van der Waals surface area contributed by atoms with Crippen molar-refractivity contribution in [2.24, 2.45) is 21.1 Å². The Kier molecular flexibility index (Phi) is 3.46. The predicted molar refractivity (Wildman–Crippen MR) is 98.3 cm³/mol. The number of azo groups is 1. The molecule has 2 heterocycles. The zero-order valence-electron chi connectivity index (χ0n) is 15.8. The maximum Gasteiger partial charge on any atom is 0.416 e. The van der Waals surface area contributed by atoms with E-state index in [9.17, 15) is 17.6 Å². The Morgan fingerprint density at radius 1 is 1.21 bits per heavy atom. The van der Waals surface area contributed by atoms with E-state index in [0.29, 0.717) is 17.0 Å². The van der Waals surface area contributed by atoms with Gasteiger partial charge in [-0.2, -0.15) is 18.3 Å². The van der Waals surface area contributed by atoms with Gasteiger partial charge >= 0.3 is 6.18 Å². The number of halogens is 4. The lowest BCUT2D eigenvalue weighted by molar-refractivity contribution is -0.137. The second-order valence-electron chi connectivity index (χ2n) is 7.46. The predicted octanol–water partition coefficient (Wildman–Crippen LogP) is 5.24. The maximum atomic E-state index is 14.2. The van der Waals surface area contributed by atoms with Crippen molar-refractivity contribution in [3.63, 3.8) is 0 Å². The highest BCUT2D eigenvalue weighted by Gasteiger charge is 2.73. The molecule has 3 atom stereocenters. The maximum absolute atomic E-state index is 14.2. The monoisotopic (exact) mass is 404 g/mol. The molecule has 29 heavy (non-hydrogen) atoms. The molecule has 5 nitrogen and oxygen atoms in total. The molecule has 0 aromatic heterocycles. The van der Waals surface area contributed by atoms with E-state index in [4.69, 9.17) is 9.73 Å². The van der Waals surface area contributed by atoms with Crippen LogP contribution in [-0.2, 0) is 6.18 Å². The average Bonchev–Trinajstić information content (AvgIpc) is 3.06. The summed E-state index contributed by atoms with van der Waals surface area (Å²) in [5, 5.41) is 8.63. The van der Waals surface area contributed by atoms with E-state index in [1.165, 1.54) is 13.2 Å². The van der Waals surface area contributed by atoms with Crippen molar-refractivity contribution in [2.45, 2.75) is 31.7 Å². The lowest BCUT2D eigenvalue weighted by Crippen LogP contribution is -2.42. The minimum absolute atomic E-state index is 0.0273. The molecule has 1 aliphatic carbocycles. The standard InChI is InChI=1S/C20H16F4N4O/c1-9-12(5-4-6-13(9)21)18-25-17-10(2)19(17)27-26-16-14(28(18)19)7-11(20(22,23)24)8-15(16)29-3/h4-8,10,17H,1-3H3. The van der Waals surface area contributed by atoms with Crippen LogP contribution in [0.15, 0.2) is 45.6 Å². The molecule has 2 aromatic rings. The first kappa shape index (κ1) is 18.1. The van der Waals surface area contributed by atoms with Crippen molar-refractivity contribution >= 4 is 17.2 Å². The zero-order valence-corrected chi connectivity index (χ0v) is 15.8. The molecule has 1 fully saturated rings. The number of hydrogen-bond donors (Lipinski definition) is 0. The van der Waals surface area contributed by atoms with Crippen molar-refractivity contribution in [3.05, 3.63) is 52.8 Å². The molecule has 0 N–H and O–H groups in total. The molecule has 0 bridgehead atoms. The molecule has 2 aromatic carbocycles. The third-order valence-electron chi connectivity index (χ3n) is 5.96. The van der Waals surface area contributed by atoms with E-state index >= 15 is 0 Å². The van der Waals surface area contributed by atoms with E-state index in [2.05, 4.69) is 10.2 Å². The summed E-state index contributed by atoms with van der Waals surface area (Å²) >= 11 is 0. The number of nitrogens with zero attached hydrogens (tertiary/aromatic N) is 4. The quantitative estimate of drug-likeness (QED) is 0.643. The Morgan fingerprint density at radius 2 is 1.97 bits per heavy atom. The van der Waals surface area contributed by atoms with Crippen LogP contribution < -0.4 is 9.64 Å². The molecule has 3 aliphatic rings. The number of anilines is 1. The fraction of sp³-hybridized carbons (Fsp3) is 0.350. The average molecular weight is 404 g/mol. The summed E-state index contributed by atoms with van der Waals surface area (Å²) in [7, 11) is 1.29. The van der Waals surface area contributed by atoms with E-state index < -0.39 is 23.2 Å². The fourth-order valence-corrected chi connectivity index (χ4v) is 4.26. The molecule has 9 heteroatoms. The number of hydrogen-bond acceptors (Lipinski definition) is 5. The third kappa shape index (κ3) is 2.24. The number of aliphatic imine (C=N–C) groups is 1. The Balaban J connectivity index is 1.76. The van der Waals surface area contributed by atoms with Gasteiger partial charge in [-0.15, -0.1) is 5.11 Å². The molecule has 0 saturated heterocycles. The number of rotatable bonds is 2. The molecule has 150 valence electrons. The van der Waals surface area contributed by atoms with Crippen LogP contribution in [0.5, 0.6) is 5.75 Å². The minimum atomic E-state index is -4.57. The lowest BCUT2D eigenvalue weighted by Gasteiger charge is -2.34. The van der Waals surface area contributed by atoms with Gasteiger partial charge in [0.1, 0.15) is 23.4 Å². The Morgan fingerprint density at radius 3 is 2.66 bits per heavy atom. The van der Waals surface area contributed by atoms with Gasteiger partial charge in [0.2, 0.25) is 0 Å². The summed E-state index contributed by atoms with van der Waals surface area (Å²) in [5.41, 5.74) is -0.432. The zero-order chi connectivity index (χ0) is 20.7. The van der Waals surface area contributed by atoms with Crippen LogP contribution in [0, 0.1) is 18.7 Å². The van der Waals surface area contributed by atoms with Crippen LogP contribution in [0.3, 0.4) is 0 Å². The summed E-state index contributed by atoms with van der Waals surface area (Å²) in [6.07, 6.45) is -4.57. The van der Waals surface area contributed by atoms with Gasteiger partial charge in [0.15, 0.2) is 11.4 Å². The van der Waals surface area contributed by atoms with E-state index in [0.717, 1.165) is 12.1 Å². The van der Waals surface area contributed by atoms with Crippen LogP contribution in [0.1, 0.15) is 23.6 Å². The number of alkyl halides is 3. The van der Waals surface area contributed by atoms with Gasteiger partial charge in [-0.05, 0) is 30.7 Å². The molecule has 0 amide bonds. The number of benzene rings is 2. The Labute approximate surface area is 163 Å².